The molecule has 0 saturated carbocycles. The lowest BCUT2D eigenvalue weighted by Crippen LogP contribution is -2.60. The molecular weight excluding hydrogens is 861 g/mol. The zero-order chi connectivity index (χ0) is 48.2. The first-order valence-electron chi connectivity index (χ1n) is 25.0. The fraction of sp³-hybridized carbons (Fsp3) is 0.679. The summed E-state index contributed by atoms with van der Waals surface area (Å²) in [6.07, 6.45) is 50.0. The van der Waals surface area contributed by atoms with Crippen LogP contribution in [0.2, 0.25) is 0 Å². The largest absolute Gasteiger partial charge is 0.457 e. The highest BCUT2D eigenvalue weighted by atomic mass is 32.3. The van der Waals surface area contributed by atoms with Crippen molar-refractivity contribution in [1.82, 2.24) is 0 Å². The van der Waals surface area contributed by atoms with Crippen LogP contribution in [0.15, 0.2) is 97.2 Å². The number of unbranched alkanes of at least 4 members (excludes halogenated alkanes) is 13. The minimum absolute atomic E-state index is 0.0160. The predicted molar refractivity (Wildman–Crippen MR) is 266 cm³/mol. The second-order valence-corrected chi connectivity index (χ2v) is 17.7. The van der Waals surface area contributed by atoms with Crippen LogP contribution in [0.5, 0.6) is 0 Å². The first-order chi connectivity index (χ1) is 32.1. The summed E-state index contributed by atoms with van der Waals surface area (Å²) in [5.74, 6) is -0.420. The summed E-state index contributed by atoms with van der Waals surface area (Å²) >= 11 is 0. The van der Waals surface area contributed by atoms with Crippen molar-refractivity contribution in [3.63, 3.8) is 0 Å². The van der Waals surface area contributed by atoms with Crippen LogP contribution in [-0.4, -0.2) is 97.5 Å². The number of rotatable bonds is 42. The zero-order valence-electron chi connectivity index (χ0n) is 40.5. The van der Waals surface area contributed by atoms with Crippen molar-refractivity contribution < 1.29 is 56.2 Å². The third-order valence-electron chi connectivity index (χ3n) is 10.7. The highest BCUT2D eigenvalue weighted by molar-refractivity contribution is 7.80. The van der Waals surface area contributed by atoms with Crippen molar-refractivity contribution in [2.24, 2.45) is 0 Å². The molecule has 0 aromatic rings. The fourth-order valence-corrected chi connectivity index (χ4v) is 7.52. The van der Waals surface area contributed by atoms with Gasteiger partial charge < -0.3 is 34.3 Å². The number of ether oxygens (including phenoxy) is 4. The van der Waals surface area contributed by atoms with Crippen LogP contribution in [0.4, 0.5) is 0 Å². The molecule has 0 spiro atoms. The molecular formula is C53H88O12S. The minimum atomic E-state index is -5.07. The number of hydrogen-bond donors (Lipinski definition) is 4. The summed E-state index contributed by atoms with van der Waals surface area (Å²) in [5, 5.41) is 30.7. The lowest BCUT2D eigenvalue weighted by atomic mass is 9.99. The van der Waals surface area contributed by atoms with Gasteiger partial charge in [-0.2, -0.15) is 8.42 Å². The molecule has 0 amide bonds. The molecule has 4 N–H and O–H groups in total. The molecule has 1 fully saturated rings. The Balaban J connectivity index is 2.39. The van der Waals surface area contributed by atoms with Crippen molar-refractivity contribution in [1.29, 1.82) is 0 Å². The van der Waals surface area contributed by atoms with Gasteiger partial charge in [0.2, 0.25) is 0 Å². The molecule has 0 radical (unpaired) electrons. The van der Waals surface area contributed by atoms with E-state index in [-0.39, 0.29) is 19.6 Å². The molecule has 1 aliphatic heterocycles. The summed E-state index contributed by atoms with van der Waals surface area (Å²) in [7, 11) is -5.07. The van der Waals surface area contributed by atoms with E-state index in [0.717, 1.165) is 128 Å². The Morgan fingerprint density at radius 1 is 0.576 bits per heavy atom. The van der Waals surface area contributed by atoms with E-state index in [1.165, 1.54) is 12.8 Å². The van der Waals surface area contributed by atoms with Gasteiger partial charge in [0.05, 0.1) is 19.8 Å². The average molecular weight is 949 g/mol. The first-order valence-corrected chi connectivity index (χ1v) is 26.4. The van der Waals surface area contributed by atoms with E-state index in [1.54, 1.807) is 0 Å². The van der Waals surface area contributed by atoms with E-state index < -0.39 is 59.8 Å². The maximum Gasteiger partial charge on any atom is 0.397 e. The maximum atomic E-state index is 12.9. The lowest BCUT2D eigenvalue weighted by molar-refractivity contribution is -0.301. The minimum Gasteiger partial charge on any atom is -0.457 e. The Bertz CT molecular complexity index is 1520. The van der Waals surface area contributed by atoms with Crippen molar-refractivity contribution >= 4 is 16.4 Å². The van der Waals surface area contributed by atoms with Crippen LogP contribution in [0.25, 0.3) is 0 Å². The molecule has 0 aromatic carbocycles. The summed E-state index contributed by atoms with van der Waals surface area (Å²) in [4.78, 5) is 12.9. The van der Waals surface area contributed by atoms with E-state index in [9.17, 15) is 33.1 Å². The lowest BCUT2D eigenvalue weighted by Gasteiger charge is -2.41. The van der Waals surface area contributed by atoms with Crippen LogP contribution in [0.1, 0.15) is 168 Å². The summed E-state index contributed by atoms with van der Waals surface area (Å²) in [5.41, 5.74) is 0. The van der Waals surface area contributed by atoms with Gasteiger partial charge in [0.1, 0.15) is 30.5 Å². The average Bonchev–Trinajstić information content (AvgIpc) is 3.29. The van der Waals surface area contributed by atoms with Gasteiger partial charge in [0.25, 0.3) is 0 Å². The molecule has 66 heavy (non-hydrogen) atoms. The van der Waals surface area contributed by atoms with Gasteiger partial charge in [-0.15, -0.1) is 0 Å². The third-order valence-corrected chi connectivity index (χ3v) is 11.2. The smallest absolute Gasteiger partial charge is 0.397 e. The van der Waals surface area contributed by atoms with Gasteiger partial charge in [0.15, 0.2) is 6.29 Å². The van der Waals surface area contributed by atoms with E-state index in [0.29, 0.717) is 13.0 Å². The molecule has 1 rings (SSSR count). The van der Waals surface area contributed by atoms with Gasteiger partial charge in [-0.05, 0) is 89.9 Å². The molecule has 378 valence electrons. The summed E-state index contributed by atoms with van der Waals surface area (Å²) in [6.45, 7) is 3.71. The highest BCUT2D eigenvalue weighted by Gasteiger charge is 2.48. The number of carbonyl (C=O) groups excluding carboxylic acids is 1. The number of esters is 1. The highest BCUT2D eigenvalue weighted by Crippen LogP contribution is 2.26. The fourth-order valence-electron chi connectivity index (χ4n) is 7.01. The van der Waals surface area contributed by atoms with Crippen molar-refractivity contribution in [3.8, 4) is 0 Å². The van der Waals surface area contributed by atoms with E-state index in [4.69, 9.17) is 18.9 Å². The SMILES string of the molecule is CC/C=C\C/C=C\C/C=C\C/C=C\C/C=C\CCCCCCCCCC(=O)OC(COCCCCCCCC/C=C\C/C=C\C/C=C\CC)COC1OC(CO)C(O)C(OS(=O)(=O)O)C1O. The van der Waals surface area contributed by atoms with E-state index >= 15 is 0 Å². The second kappa shape index (κ2) is 43.3. The van der Waals surface area contributed by atoms with Gasteiger partial charge in [0, 0.05) is 13.0 Å². The van der Waals surface area contributed by atoms with Crippen molar-refractivity contribution in [2.75, 3.05) is 26.4 Å². The summed E-state index contributed by atoms with van der Waals surface area (Å²) in [6, 6.07) is 0. The number of carbonyl (C=O) groups is 1. The molecule has 1 saturated heterocycles. The molecule has 12 nitrogen and oxygen atoms in total. The molecule has 1 aliphatic rings. The van der Waals surface area contributed by atoms with E-state index in [2.05, 4.69) is 115 Å². The first kappa shape index (κ1) is 61.0. The summed E-state index contributed by atoms with van der Waals surface area (Å²) < 4.78 is 59.2. The molecule has 0 bridgehead atoms. The van der Waals surface area contributed by atoms with Crippen molar-refractivity contribution in [2.45, 2.75) is 205 Å². The quantitative estimate of drug-likeness (QED) is 0.0197. The predicted octanol–water partition coefficient (Wildman–Crippen LogP) is 11.4. The Labute approximate surface area is 399 Å². The van der Waals surface area contributed by atoms with E-state index in [1.807, 2.05) is 0 Å². The van der Waals surface area contributed by atoms with Gasteiger partial charge in [-0.3, -0.25) is 9.35 Å². The van der Waals surface area contributed by atoms with Crippen LogP contribution in [-0.2, 0) is 38.3 Å². The Kier molecular flexibility index (Phi) is 40.1. The van der Waals surface area contributed by atoms with Gasteiger partial charge >= 0.3 is 16.4 Å². The molecule has 13 heteroatoms. The third kappa shape index (κ3) is 36.1. The monoisotopic (exact) mass is 949 g/mol. The Morgan fingerprint density at radius 3 is 1.45 bits per heavy atom. The van der Waals surface area contributed by atoms with Crippen LogP contribution >= 0.6 is 0 Å². The number of hydrogen-bond acceptors (Lipinski definition) is 11. The van der Waals surface area contributed by atoms with Crippen LogP contribution in [0, 0.1) is 0 Å². The van der Waals surface area contributed by atoms with Crippen molar-refractivity contribution in [3.05, 3.63) is 97.2 Å². The molecule has 6 unspecified atom stereocenters. The van der Waals surface area contributed by atoms with Gasteiger partial charge in [-0.25, -0.2) is 4.18 Å². The molecule has 6 atom stereocenters. The molecule has 0 aliphatic carbocycles. The Morgan fingerprint density at radius 2 is 1.00 bits per heavy atom. The number of allylic oxidation sites excluding steroid dienone is 16. The standard InChI is InChI=1S/C53H88O12S/c1-3-5-7-9-11-13-15-17-19-21-22-23-24-25-26-27-28-30-32-34-36-38-40-42-49(55)63-47(46-62-53-51(57)52(65-66(58,59)60)50(56)48(44-54)64-53)45-61-43-41-39-37-35-33-31-29-20-18-16-14-12-10-8-6-4-2/h5-8,11-14,17-20,22-23,25-26,47-48,50-54,56-57H,3-4,9-10,15-16,21,24,27-46H2,1-2H3,(H,58,59,60)/b7-5-,8-6-,13-11-,14-12-,19-17-,20-18-,23-22-,26-25-. The normalized spacial score (nSPS) is 20.4. The second-order valence-electron chi connectivity index (χ2n) is 16.6. The topological polar surface area (TPSA) is 178 Å². The van der Waals surface area contributed by atoms with Crippen LogP contribution in [0.3, 0.4) is 0 Å². The molecule has 0 aromatic heterocycles. The Hall–Kier alpha value is -2.98. The molecule has 1 heterocycles. The van der Waals surface area contributed by atoms with Crippen LogP contribution < -0.4 is 0 Å². The maximum absolute atomic E-state index is 12.9. The van der Waals surface area contributed by atoms with Gasteiger partial charge in [-0.1, -0.05) is 169 Å². The number of aliphatic hydroxyl groups is 3. The zero-order valence-corrected chi connectivity index (χ0v) is 41.3. The number of aliphatic hydroxyl groups excluding tert-OH is 3.